The van der Waals surface area contributed by atoms with Crippen LogP contribution in [0.4, 0.5) is 4.79 Å². The van der Waals surface area contributed by atoms with E-state index in [9.17, 15) is 9.59 Å². The Morgan fingerprint density at radius 2 is 1.85 bits per heavy atom. The largest absolute Gasteiger partial charge is 0.465 e. The van der Waals surface area contributed by atoms with Crippen LogP contribution in [0, 0.1) is 0 Å². The van der Waals surface area contributed by atoms with Crippen LogP contribution in [-0.4, -0.2) is 36.1 Å². The van der Waals surface area contributed by atoms with Gasteiger partial charge in [0, 0.05) is 14.1 Å². The zero-order valence-corrected chi connectivity index (χ0v) is 8.51. The van der Waals surface area contributed by atoms with Crippen LogP contribution < -0.4 is 5.32 Å². The number of carbonyl (C=O) groups excluding carboxylic acids is 1. The van der Waals surface area contributed by atoms with Gasteiger partial charge in [0.05, 0.1) is 0 Å². The molecule has 0 aromatic carbocycles. The molecule has 0 radical (unpaired) electrons. The second-order valence-corrected chi connectivity index (χ2v) is 2.33. The third kappa shape index (κ3) is 5.08. The van der Waals surface area contributed by atoms with Gasteiger partial charge in [0.15, 0.2) is 0 Å². The Kier molecular flexibility index (Phi) is 6.94. The van der Waals surface area contributed by atoms with Crippen molar-refractivity contribution in [3.8, 4) is 0 Å². The highest BCUT2D eigenvalue weighted by Gasteiger charge is 2.12. The molecule has 0 spiro atoms. The first kappa shape index (κ1) is 14.3. The van der Waals surface area contributed by atoms with Gasteiger partial charge in [-0.25, -0.2) is 4.79 Å². The van der Waals surface area contributed by atoms with Crippen molar-refractivity contribution in [3.63, 3.8) is 0 Å². The van der Waals surface area contributed by atoms with Gasteiger partial charge in [0.2, 0.25) is 0 Å². The lowest BCUT2D eigenvalue weighted by Gasteiger charge is -2.12. The van der Waals surface area contributed by atoms with Crippen molar-refractivity contribution in [2.75, 3.05) is 14.1 Å². The molecule has 2 N–H and O–H groups in total. The molecule has 0 aliphatic heterocycles. The highest BCUT2D eigenvalue weighted by Crippen LogP contribution is 1.93. The van der Waals surface area contributed by atoms with Gasteiger partial charge < -0.3 is 10.0 Å². The van der Waals surface area contributed by atoms with E-state index in [1.165, 1.54) is 11.0 Å². The maximum atomic E-state index is 11.1. The molecule has 0 rings (SSSR count). The average Bonchev–Trinajstić information content (AvgIpc) is 1.98. The molecule has 0 unspecified atom stereocenters. The number of likely N-dealkylation sites (N-methyl/N-ethyl adjacent to an activating group) is 1. The highest BCUT2D eigenvalue weighted by atomic mass is 35.5. The van der Waals surface area contributed by atoms with Crippen molar-refractivity contribution in [2.45, 2.75) is 6.92 Å². The first-order valence-corrected chi connectivity index (χ1v) is 3.37. The summed E-state index contributed by atoms with van der Waals surface area (Å²) in [5.41, 5.74) is 0.0625. The monoisotopic (exact) mass is 208 g/mol. The molecule has 0 aromatic rings. The normalized spacial score (nSPS) is 9.92. The van der Waals surface area contributed by atoms with Crippen LogP contribution >= 0.6 is 12.4 Å². The molecule has 0 atom stereocenters. The Morgan fingerprint density at radius 3 is 2.08 bits per heavy atom. The highest BCUT2D eigenvalue weighted by molar-refractivity contribution is 5.95. The van der Waals surface area contributed by atoms with Crippen LogP contribution in [0.3, 0.4) is 0 Å². The van der Waals surface area contributed by atoms with Gasteiger partial charge in [-0.1, -0.05) is 6.08 Å². The number of hydrogen-bond acceptors (Lipinski definition) is 2. The number of allylic oxidation sites excluding steroid dienone is 1. The van der Waals surface area contributed by atoms with E-state index in [4.69, 9.17) is 5.11 Å². The number of halogens is 1. The third-order valence-corrected chi connectivity index (χ3v) is 1.17. The summed E-state index contributed by atoms with van der Waals surface area (Å²) >= 11 is 0. The zero-order valence-electron chi connectivity index (χ0n) is 7.70. The standard InChI is InChI=1S/C7H12N2O3.ClH/c1-4-5(8-7(11)12)6(10)9(2)3;/h4,8H,1-3H3,(H,11,12);1H. The molecule has 0 heterocycles. The van der Waals surface area contributed by atoms with Gasteiger partial charge in [-0.2, -0.15) is 0 Å². The third-order valence-electron chi connectivity index (χ3n) is 1.17. The Hall–Kier alpha value is -1.23. The molecule has 0 aliphatic rings. The zero-order chi connectivity index (χ0) is 9.72. The lowest BCUT2D eigenvalue weighted by Crippen LogP contribution is -2.33. The number of carboxylic acid groups (broad SMARTS) is 1. The summed E-state index contributed by atoms with van der Waals surface area (Å²) < 4.78 is 0. The topological polar surface area (TPSA) is 69.6 Å². The summed E-state index contributed by atoms with van der Waals surface area (Å²) in [6, 6.07) is 0. The van der Waals surface area contributed by atoms with Gasteiger partial charge in [-0.05, 0) is 6.92 Å². The van der Waals surface area contributed by atoms with Gasteiger partial charge in [0.25, 0.3) is 5.91 Å². The second kappa shape index (κ2) is 6.30. The molecule has 0 saturated carbocycles. The van der Waals surface area contributed by atoms with Crippen LogP contribution in [0.2, 0.25) is 0 Å². The molecule has 5 nitrogen and oxygen atoms in total. The minimum Gasteiger partial charge on any atom is -0.465 e. The first-order chi connectivity index (χ1) is 5.49. The fraction of sp³-hybridized carbons (Fsp3) is 0.429. The number of nitrogens with zero attached hydrogens (tertiary/aromatic N) is 1. The maximum absolute atomic E-state index is 11.1. The summed E-state index contributed by atoms with van der Waals surface area (Å²) in [4.78, 5) is 22.6. The van der Waals surface area contributed by atoms with Crippen LogP contribution in [0.15, 0.2) is 11.8 Å². The summed E-state index contributed by atoms with van der Waals surface area (Å²) in [5, 5.41) is 10.3. The molecule has 0 aliphatic carbocycles. The summed E-state index contributed by atoms with van der Waals surface area (Å²) in [6.07, 6.45) is 0.175. The van der Waals surface area contributed by atoms with Gasteiger partial charge >= 0.3 is 6.09 Å². The summed E-state index contributed by atoms with van der Waals surface area (Å²) in [6.45, 7) is 1.59. The molecular weight excluding hydrogens is 196 g/mol. The SMILES string of the molecule is CC=C(NC(=O)O)C(=O)N(C)C.Cl. The van der Waals surface area contributed by atoms with Crippen molar-refractivity contribution >= 4 is 24.4 Å². The lowest BCUT2D eigenvalue weighted by atomic mass is 10.3. The number of hydrogen-bond donors (Lipinski definition) is 2. The average molecular weight is 209 g/mol. The van der Waals surface area contributed by atoms with E-state index in [0.717, 1.165) is 0 Å². The van der Waals surface area contributed by atoms with Gasteiger partial charge in [0.1, 0.15) is 5.70 Å². The van der Waals surface area contributed by atoms with Crippen LogP contribution in [0.1, 0.15) is 6.92 Å². The minimum absolute atomic E-state index is 0. The van der Waals surface area contributed by atoms with E-state index in [1.807, 2.05) is 5.32 Å². The Bertz CT molecular complexity index is 226. The van der Waals surface area contributed by atoms with Crippen molar-refractivity contribution in [1.82, 2.24) is 10.2 Å². The van der Waals surface area contributed by atoms with Crippen LogP contribution in [0.5, 0.6) is 0 Å². The second-order valence-electron chi connectivity index (χ2n) is 2.33. The van der Waals surface area contributed by atoms with E-state index in [2.05, 4.69) is 0 Å². The number of amides is 2. The number of nitrogens with one attached hydrogen (secondary N) is 1. The van der Waals surface area contributed by atoms with E-state index in [-0.39, 0.29) is 24.0 Å². The van der Waals surface area contributed by atoms with Crippen molar-refractivity contribution in [3.05, 3.63) is 11.8 Å². The number of rotatable bonds is 2. The molecule has 6 heteroatoms. The molecule has 0 bridgehead atoms. The summed E-state index contributed by atoms with van der Waals surface area (Å²) in [7, 11) is 3.10. The maximum Gasteiger partial charge on any atom is 0.409 e. The van der Waals surface area contributed by atoms with Crippen molar-refractivity contribution < 1.29 is 14.7 Å². The predicted molar refractivity (Wildman–Crippen MR) is 50.9 cm³/mol. The molecule has 0 saturated heterocycles. The number of carbonyl (C=O) groups is 2. The molecule has 13 heavy (non-hydrogen) atoms. The molecule has 0 fully saturated rings. The molecular formula is C7H13ClN2O3. The van der Waals surface area contributed by atoms with Crippen molar-refractivity contribution in [2.24, 2.45) is 0 Å². The molecule has 2 amide bonds. The Morgan fingerprint density at radius 1 is 1.38 bits per heavy atom. The smallest absolute Gasteiger partial charge is 0.409 e. The Labute approximate surface area is 82.8 Å². The van der Waals surface area contributed by atoms with E-state index in [0.29, 0.717) is 0 Å². The van der Waals surface area contributed by atoms with Crippen LogP contribution in [0.25, 0.3) is 0 Å². The van der Waals surface area contributed by atoms with Crippen molar-refractivity contribution in [1.29, 1.82) is 0 Å². The van der Waals surface area contributed by atoms with Crippen LogP contribution in [-0.2, 0) is 4.79 Å². The lowest BCUT2D eigenvalue weighted by molar-refractivity contribution is -0.125. The summed E-state index contributed by atoms with van der Waals surface area (Å²) in [5.74, 6) is -0.361. The quantitative estimate of drug-likeness (QED) is 0.656. The molecule has 0 aromatic heterocycles. The Balaban J connectivity index is 0. The predicted octanol–water partition coefficient (Wildman–Crippen LogP) is 0.668. The van der Waals surface area contributed by atoms with E-state index in [1.54, 1.807) is 21.0 Å². The fourth-order valence-corrected chi connectivity index (χ4v) is 0.605. The van der Waals surface area contributed by atoms with Gasteiger partial charge in [-0.15, -0.1) is 12.4 Å². The molecule has 76 valence electrons. The van der Waals surface area contributed by atoms with Gasteiger partial charge in [-0.3, -0.25) is 10.1 Å². The fourth-order valence-electron chi connectivity index (χ4n) is 0.605. The minimum atomic E-state index is -1.24. The van der Waals surface area contributed by atoms with E-state index >= 15 is 0 Å². The first-order valence-electron chi connectivity index (χ1n) is 3.37. The van der Waals surface area contributed by atoms with E-state index < -0.39 is 6.09 Å².